The molecule has 1 N–H and O–H groups in total. The van der Waals surface area contributed by atoms with Gasteiger partial charge in [0.15, 0.2) is 0 Å². The summed E-state index contributed by atoms with van der Waals surface area (Å²) < 4.78 is 5.89. The van der Waals surface area contributed by atoms with Crippen LogP contribution >= 0.6 is 0 Å². The third kappa shape index (κ3) is 3.14. The summed E-state index contributed by atoms with van der Waals surface area (Å²) in [5.41, 5.74) is 5.83. The van der Waals surface area contributed by atoms with E-state index < -0.39 is 5.97 Å². The molecule has 0 aromatic heterocycles. The monoisotopic (exact) mass is 417 g/mol. The van der Waals surface area contributed by atoms with Crippen LogP contribution in [0.2, 0.25) is 0 Å². The highest BCUT2D eigenvalue weighted by Gasteiger charge is 2.52. The molecule has 2 aromatic rings. The average Bonchev–Trinajstić information content (AvgIpc) is 2.77. The van der Waals surface area contributed by atoms with Crippen LogP contribution in [0.15, 0.2) is 36.4 Å². The molecule has 7 rings (SSSR count). The second-order valence-corrected chi connectivity index (χ2v) is 10.5. The predicted octanol–water partition coefficient (Wildman–Crippen LogP) is 5.42. The Morgan fingerprint density at radius 1 is 1.00 bits per heavy atom. The summed E-state index contributed by atoms with van der Waals surface area (Å²) >= 11 is 0. The summed E-state index contributed by atoms with van der Waals surface area (Å²) in [7, 11) is 1.82. The molecule has 162 valence electrons. The van der Waals surface area contributed by atoms with E-state index in [2.05, 4.69) is 23.1 Å². The van der Waals surface area contributed by atoms with E-state index in [-0.39, 0.29) is 0 Å². The van der Waals surface area contributed by atoms with Crippen LogP contribution in [0.4, 0.5) is 5.69 Å². The van der Waals surface area contributed by atoms with Gasteiger partial charge in [-0.3, -0.25) is 0 Å². The lowest BCUT2D eigenvalue weighted by molar-refractivity contribution is -0.00614. The lowest BCUT2D eigenvalue weighted by Crippen LogP contribution is -2.48. The zero-order valence-corrected chi connectivity index (χ0v) is 18.3. The third-order valence-corrected chi connectivity index (χ3v) is 8.62. The molecule has 4 heteroatoms. The van der Waals surface area contributed by atoms with Gasteiger partial charge in [0.25, 0.3) is 0 Å². The van der Waals surface area contributed by atoms with Crippen LogP contribution in [0.1, 0.15) is 65.6 Å². The number of hydrogen-bond donors (Lipinski definition) is 1. The quantitative estimate of drug-likeness (QED) is 0.721. The van der Waals surface area contributed by atoms with Gasteiger partial charge in [-0.1, -0.05) is 6.07 Å². The van der Waals surface area contributed by atoms with E-state index in [0.29, 0.717) is 11.0 Å². The summed E-state index contributed by atoms with van der Waals surface area (Å²) in [6, 6.07) is 12.4. The van der Waals surface area contributed by atoms with Gasteiger partial charge in [0.2, 0.25) is 0 Å². The summed E-state index contributed by atoms with van der Waals surface area (Å²) in [5.74, 6) is 2.94. The molecule has 2 aromatic carbocycles. The summed E-state index contributed by atoms with van der Waals surface area (Å²) in [5, 5.41) is 9.29. The minimum Gasteiger partial charge on any atom is -0.496 e. The topological polar surface area (TPSA) is 49.8 Å². The number of carboxylic acids is 1. The van der Waals surface area contributed by atoms with Gasteiger partial charge < -0.3 is 14.7 Å². The number of carbonyl (C=O) groups is 1. The lowest BCUT2D eigenvalue weighted by atomic mass is 9.48. The van der Waals surface area contributed by atoms with E-state index in [0.717, 1.165) is 43.0 Å². The number of fused-ring (bicyclic) bond motifs is 1. The van der Waals surface area contributed by atoms with Crippen LogP contribution in [0, 0.1) is 17.8 Å². The normalized spacial score (nSPS) is 30.9. The number of benzene rings is 2. The first-order valence-corrected chi connectivity index (χ1v) is 11.8. The second kappa shape index (κ2) is 7.01. The second-order valence-electron chi connectivity index (χ2n) is 10.5. The van der Waals surface area contributed by atoms with E-state index in [9.17, 15) is 9.90 Å². The Morgan fingerprint density at radius 2 is 1.71 bits per heavy atom. The highest BCUT2D eigenvalue weighted by atomic mass is 16.5. The molecule has 0 amide bonds. The molecule has 31 heavy (non-hydrogen) atoms. The number of ether oxygens (including phenoxy) is 1. The Bertz CT molecular complexity index is 1010. The number of anilines is 1. The minimum atomic E-state index is -0.847. The molecule has 1 heterocycles. The molecule has 4 nitrogen and oxygen atoms in total. The SMILES string of the molecule is COc1ccc(N2CCc3cc(C(=O)O)ccc3C2)cc1C12CC3CC(CC(C3)C1)C2. The van der Waals surface area contributed by atoms with E-state index >= 15 is 0 Å². The van der Waals surface area contributed by atoms with Gasteiger partial charge in [-0.2, -0.15) is 0 Å². The molecule has 4 fully saturated rings. The largest absolute Gasteiger partial charge is 0.496 e. The van der Waals surface area contributed by atoms with E-state index in [1.54, 1.807) is 6.07 Å². The highest BCUT2D eigenvalue weighted by Crippen LogP contribution is 2.62. The Kier molecular flexibility index (Phi) is 4.35. The van der Waals surface area contributed by atoms with Gasteiger partial charge in [0.05, 0.1) is 12.7 Å². The summed E-state index contributed by atoms with van der Waals surface area (Å²) in [6.07, 6.45) is 9.22. The van der Waals surface area contributed by atoms with Gasteiger partial charge in [-0.25, -0.2) is 4.79 Å². The molecular weight excluding hydrogens is 386 g/mol. The van der Waals surface area contributed by atoms with Crippen LogP contribution in [0.3, 0.4) is 0 Å². The lowest BCUT2D eigenvalue weighted by Gasteiger charge is -2.57. The zero-order chi connectivity index (χ0) is 21.2. The predicted molar refractivity (Wildman–Crippen MR) is 121 cm³/mol. The van der Waals surface area contributed by atoms with Crippen molar-refractivity contribution >= 4 is 11.7 Å². The van der Waals surface area contributed by atoms with Crippen molar-refractivity contribution in [3.63, 3.8) is 0 Å². The molecule has 0 spiro atoms. The van der Waals surface area contributed by atoms with E-state index in [4.69, 9.17) is 4.74 Å². The number of methoxy groups -OCH3 is 1. The zero-order valence-electron chi connectivity index (χ0n) is 18.3. The Labute approximate surface area is 184 Å². The maximum atomic E-state index is 11.3. The first kappa shape index (κ1) is 19.2. The molecule has 1 aliphatic heterocycles. The molecule has 4 bridgehead atoms. The van der Waals surface area contributed by atoms with Crippen molar-refractivity contribution in [1.82, 2.24) is 0 Å². The number of nitrogens with zero attached hydrogens (tertiary/aromatic N) is 1. The maximum Gasteiger partial charge on any atom is 0.335 e. The maximum absolute atomic E-state index is 11.3. The van der Waals surface area contributed by atoms with Crippen molar-refractivity contribution in [3.8, 4) is 5.75 Å². The van der Waals surface area contributed by atoms with E-state index in [1.165, 1.54) is 60.9 Å². The molecular formula is C27H31NO3. The van der Waals surface area contributed by atoms with Crippen LogP contribution in [-0.4, -0.2) is 24.7 Å². The van der Waals surface area contributed by atoms with Crippen molar-refractivity contribution in [2.45, 2.75) is 56.9 Å². The highest BCUT2D eigenvalue weighted by molar-refractivity contribution is 5.88. The fourth-order valence-corrected chi connectivity index (χ4v) is 7.65. The summed E-state index contributed by atoms with van der Waals surface area (Å²) in [6.45, 7) is 1.75. The van der Waals surface area contributed by atoms with Crippen LogP contribution in [-0.2, 0) is 18.4 Å². The molecule has 0 atom stereocenters. The van der Waals surface area contributed by atoms with E-state index in [1.807, 2.05) is 19.2 Å². The molecule has 4 saturated carbocycles. The molecule has 4 aliphatic carbocycles. The number of hydrogen-bond acceptors (Lipinski definition) is 3. The van der Waals surface area contributed by atoms with Crippen molar-refractivity contribution in [1.29, 1.82) is 0 Å². The Hall–Kier alpha value is -2.49. The van der Waals surface area contributed by atoms with Gasteiger partial charge in [0.1, 0.15) is 5.75 Å². The van der Waals surface area contributed by atoms with Crippen molar-refractivity contribution in [3.05, 3.63) is 58.7 Å². The molecule has 0 unspecified atom stereocenters. The number of rotatable bonds is 4. The standard InChI is InChI=1S/C27H31NO3/c1-31-25-5-4-23(28-7-6-20-11-21(26(29)30)2-3-22(20)16-28)12-24(25)27-13-17-8-18(14-27)10-19(9-17)15-27/h2-5,11-12,17-19H,6-10,13-16H2,1H3,(H,29,30). The average molecular weight is 418 g/mol. The first-order chi connectivity index (χ1) is 15.0. The van der Waals surface area contributed by atoms with Crippen molar-refractivity contribution < 1.29 is 14.6 Å². The number of aromatic carboxylic acids is 1. The van der Waals surface area contributed by atoms with Gasteiger partial charge >= 0.3 is 5.97 Å². The molecule has 5 aliphatic rings. The molecule has 0 radical (unpaired) electrons. The Morgan fingerprint density at radius 3 is 2.35 bits per heavy atom. The third-order valence-electron chi connectivity index (χ3n) is 8.62. The van der Waals surface area contributed by atoms with Gasteiger partial charge in [0, 0.05) is 24.3 Å². The van der Waals surface area contributed by atoms with Crippen molar-refractivity contribution in [2.24, 2.45) is 17.8 Å². The van der Waals surface area contributed by atoms with Crippen molar-refractivity contribution in [2.75, 3.05) is 18.6 Å². The first-order valence-electron chi connectivity index (χ1n) is 11.8. The summed E-state index contributed by atoms with van der Waals surface area (Å²) in [4.78, 5) is 13.8. The minimum absolute atomic E-state index is 0.306. The Balaban J connectivity index is 1.33. The van der Waals surface area contributed by atoms with Crippen LogP contribution < -0.4 is 9.64 Å². The smallest absolute Gasteiger partial charge is 0.335 e. The fourth-order valence-electron chi connectivity index (χ4n) is 7.65. The van der Waals surface area contributed by atoms with Crippen LogP contribution in [0.5, 0.6) is 5.75 Å². The fraction of sp³-hybridized carbons (Fsp3) is 0.519. The molecule has 0 saturated heterocycles. The van der Waals surface area contributed by atoms with Gasteiger partial charge in [-0.15, -0.1) is 0 Å². The van der Waals surface area contributed by atoms with Gasteiger partial charge in [-0.05, 0) is 110 Å². The number of carboxylic acid groups (broad SMARTS) is 1. The van der Waals surface area contributed by atoms with Crippen LogP contribution in [0.25, 0.3) is 0 Å².